The van der Waals surface area contributed by atoms with Gasteiger partial charge in [0.25, 0.3) is 5.91 Å². The monoisotopic (exact) mass is 560 g/mol. The molecule has 0 saturated heterocycles. The zero-order valence-corrected chi connectivity index (χ0v) is 21.0. The van der Waals surface area contributed by atoms with Crippen LogP contribution in [0.2, 0.25) is 0 Å². The topological polar surface area (TPSA) is 127 Å². The molecule has 5 rings (SSSR count). The first-order chi connectivity index (χ1) is 18.3. The summed E-state index contributed by atoms with van der Waals surface area (Å²) in [5.41, 5.74) is 1.70. The van der Waals surface area contributed by atoms with Gasteiger partial charge < -0.3 is 20.9 Å². The molecule has 2 atom stereocenters. The molecule has 39 heavy (non-hydrogen) atoms. The van der Waals surface area contributed by atoms with Crippen LogP contribution < -0.4 is 15.8 Å². The number of carbonyl (C=O) groups is 2. The molecular formula is C26H20F4N4O4S. The lowest BCUT2D eigenvalue weighted by Gasteiger charge is -2.31. The lowest BCUT2D eigenvalue weighted by Crippen LogP contribution is -2.51. The van der Waals surface area contributed by atoms with E-state index < -0.39 is 47.1 Å². The average Bonchev–Trinajstić information content (AvgIpc) is 3.51. The summed E-state index contributed by atoms with van der Waals surface area (Å²) in [6.45, 7) is -0.180. The van der Waals surface area contributed by atoms with Crippen molar-refractivity contribution in [3.8, 4) is 17.0 Å². The summed E-state index contributed by atoms with van der Waals surface area (Å²) < 4.78 is 63.3. The number of benzene rings is 2. The van der Waals surface area contributed by atoms with Crippen LogP contribution in [0, 0.1) is 5.82 Å². The van der Waals surface area contributed by atoms with Crippen LogP contribution in [0.5, 0.6) is 5.75 Å². The van der Waals surface area contributed by atoms with Crippen molar-refractivity contribution in [2.45, 2.75) is 24.1 Å². The van der Waals surface area contributed by atoms with Gasteiger partial charge in [-0.1, -0.05) is 0 Å². The summed E-state index contributed by atoms with van der Waals surface area (Å²) in [6.07, 6.45) is -5.31. The second-order valence-electron chi connectivity index (χ2n) is 9.30. The number of fused-ring (bicyclic) bond motifs is 2. The Bertz CT molecular complexity index is 1610. The van der Waals surface area contributed by atoms with Gasteiger partial charge in [-0.15, -0.1) is 11.3 Å². The van der Waals surface area contributed by atoms with Gasteiger partial charge in [0.15, 0.2) is 0 Å². The zero-order chi connectivity index (χ0) is 28.2. The maximum atomic E-state index is 14.5. The summed E-state index contributed by atoms with van der Waals surface area (Å²) in [6, 6.07) is 10.0. The van der Waals surface area contributed by atoms with E-state index in [1.165, 1.54) is 42.5 Å². The second-order valence-corrected chi connectivity index (χ2v) is 10.2. The lowest BCUT2D eigenvalue weighted by molar-refractivity contribution is -0.265. The molecule has 8 nitrogen and oxygen atoms in total. The summed E-state index contributed by atoms with van der Waals surface area (Å²) >= 11 is 1.25. The third-order valence-corrected chi connectivity index (χ3v) is 7.52. The summed E-state index contributed by atoms with van der Waals surface area (Å²) in [7, 11) is 0. The van der Waals surface area contributed by atoms with E-state index in [-0.39, 0.29) is 34.7 Å². The van der Waals surface area contributed by atoms with Gasteiger partial charge >= 0.3 is 6.18 Å². The van der Waals surface area contributed by atoms with E-state index in [0.717, 1.165) is 18.2 Å². The van der Waals surface area contributed by atoms with Gasteiger partial charge in [-0.05, 0) is 55.5 Å². The van der Waals surface area contributed by atoms with Gasteiger partial charge in [0.1, 0.15) is 29.3 Å². The van der Waals surface area contributed by atoms with Crippen LogP contribution in [0.4, 0.5) is 17.6 Å². The minimum atomic E-state index is -5.31. The van der Waals surface area contributed by atoms with Crippen LogP contribution in [0.1, 0.15) is 28.5 Å². The first-order valence-electron chi connectivity index (χ1n) is 11.5. The summed E-state index contributed by atoms with van der Waals surface area (Å²) in [5, 5.41) is 13.2. The molecule has 2 amide bonds. The van der Waals surface area contributed by atoms with Crippen molar-refractivity contribution < 1.29 is 37.0 Å². The highest BCUT2D eigenvalue weighted by atomic mass is 32.1. The first-order valence-corrected chi connectivity index (χ1v) is 12.4. The van der Waals surface area contributed by atoms with Crippen molar-refractivity contribution in [1.82, 2.24) is 15.3 Å². The molecule has 0 bridgehead atoms. The van der Waals surface area contributed by atoms with Crippen molar-refractivity contribution in [3.63, 3.8) is 0 Å². The van der Waals surface area contributed by atoms with Gasteiger partial charge in [-0.25, -0.2) is 14.4 Å². The Hall–Kier alpha value is -4.10. The number of hydrogen-bond donors (Lipinski definition) is 3. The Kier molecular flexibility index (Phi) is 6.30. The number of primary amides is 1. The zero-order valence-electron chi connectivity index (χ0n) is 20.2. The van der Waals surface area contributed by atoms with Crippen molar-refractivity contribution in [2.75, 3.05) is 13.2 Å². The average molecular weight is 561 g/mol. The van der Waals surface area contributed by atoms with Crippen molar-refractivity contribution >= 4 is 33.4 Å². The number of aliphatic hydroxyl groups is 1. The largest absolute Gasteiger partial charge is 0.489 e. The maximum absolute atomic E-state index is 14.5. The molecule has 0 fully saturated rings. The Morgan fingerprint density at radius 3 is 2.56 bits per heavy atom. The van der Waals surface area contributed by atoms with Crippen molar-refractivity contribution in [1.29, 1.82) is 0 Å². The maximum Gasteiger partial charge on any atom is 0.424 e. The Morgan fingerprint density at radius 1 is 1.18 bits per heavy atom. The van der Waals surface area contributed by atoms with Crippen LogP contribution in [0.25, 0.3) is 21.5 Å². The molecule has 3 heterocycles. The van der Waals surface area contributed by atoms with Gasteiger partial charge in [0.2, 0.25) is 11.5 Å². The highest BCUT2D eigenvalue weighted by molar-refractivity contribution is 7.16. The fraction of sp³-hybridized carbons (Fsp3) is 0.231. The number of halogens is 4. The molecular weight excluding hydrogens is 540 g/mol. The molecule has 1 aliphatic heterocycles. The molecule has 0 aliphatic carbocycles. The standard InChI is InChI=1S/C26H20F4N4O4S/c1-24(23(31)36)11-38-21-16(24)9-19(34-20(21)13-2-5-15(27)6-3-13)25(37,26(28,29)30)10-32-22(35)14-4-7-17-18(8-14)39-12-33-17/h2-9,12,37H,10-11H2,1H3,(H2,31,36)(H,32,35)/t24-,25?/m0/s1. The van der Waals surface area contributed by atoms with Crippen LogP contribution >= 0.6 is 11.3 Å². The summed E-state index contributed by atoms with van der Waals surface area (Å²) in [4.78, 5) is 33.2. The molecule has 4 N–H and O–H groups in total. The SMILES string of the molecule is C[C@]1(C(N)=O)COc2c1cc(C(O)(CNC(=O)c1ccc3ncsc3c1)C(F)(F)F)nc2-c1ccc(F)cc1. The second kappa shape index (κ2) is 9.27. The van der Waals surface area contributed by atoms with Gasteiger partial charge in [0, 0.05) is 16.7 Å². The molecule has 202 valence electrons. The van der Waals surface area contributed by atoms with Gasteiger partial charge in [-0.3, -0.25) is 9.59 Å². The number of ether oxygens (including phenoxy) is 1. The number of aromatic nitrogens is 2. The first kappa shape index (κ1) is 26.5. The normalized spacial score (nSPS) is 18.3. The molecule has 1 aliphatic rings. The van der Waals surface area contributed by atoms with Crippen LogP contribution in [0.15, 0.2) is 54.0 Å². The number of carbonyl (C=O) groups excluding carboxylic acids is 2. The molecule has 0 spiro atoms. The van der Waals surface area contributed by atoms with E-state index in [1.807, 2.05) is 0 Å². The third kappa shape index (κ3) is 4.46. The number of alkyl halides is 3. The third-order valence-electron chi connectivity index (χ3n) is 6.73. The molecule has 0 radical (unpaired) electrons. The van der Waals surface area contributed by atoms with Gasteiger partial charge in [0.05, 0.1) is 28.0 Å². The van der Waals surface area contributed by atoms with E-state index in [2.05, 4.69) is 15.3 Å². The van der Waals surface area contributed by atoms with Crippen LogP contribution in [0.3, 0.4) is 0 Å². The Labute approximate surface area is 222 Å². The number of nitrogens with one attached hydrogen (secondary N) is 1. The number of thiazole rings is 1. The highest BCUT2D eigenvalue weighted by Gasteiger charge is 2.57. The van der Waals surface area contributed by atoms with Crippen LogP contribution in [-0.4, -0.2) is 46.2 Å². The van der Waals surface area contributed by atoms with E-state index >= 15 is 0 Å². The molecule has 2 aromatic carbocycles. The smallest absolute Gasteiger partial charge is 0.424 e. The molecule has 13 heteroatoms. The van der Waals surface area contributed by atoms with Crippen molar-refractivity contribution in [2.24, 2.45) is 5.73 Å². The predicted octanol–water partition coefficient (Wildman–Crippen LogP) is 3.81. The number of nitrogens with zero attached hydrogens (tertiary/aromatic N) is 2. The number of rotatable bonds is 6. The predicted molar refractivity (Wildman–Crippen MR) is 134 cm³/mol. The van der Waals surface area contributed by atoms with E-state index in [1.54, 1.807) is 11.6 Å². The number of pyridine rings is 1. The molecule has 2 aromatic heterocycles. The fourth-order valence-electron chi connectivity index (χ4n) is 4.25. The Balaban J connectivity index is 1.59. The van der Waals surface area contributed by atoms with Gasteiger partial charge in [-0.2, -0.15) is 13.2 Å². The number of nitrogens with two attached hydrogens (primary N) is 1. The fourth-order valence-corrected chi connectivity index (χ4v) is 4.96. The highest BCUT2D eigenvalue weighted by Crippen LogP contribution is 2.47. The number of amides is 2. The van der Waals surface area contributed by atoms with E-state index in [4.69, 9.17) is 10.5 Å². The summed E-state index contributed by atoms with van der Waals surface area (Å²) in [5.74, 6) is -2.34. The minimum absolute atomic E-state index is 0.0157. The lowest BCUT2D eigenvalue weighted by atomic mass is 9.81. The molecule has 0 saturated carbocycles. The van der Waals surface area contributed by atoms with E-state index in [0.29, 0.717) is 10.2 Å². The van der Waals surface area contributed by atoms with E-state index in [9.17, 15) is 32.3 Å². The number of hydrogen-bond acceptors (Lipinski definition) is 7. The van der Waals surface area contributed by atoms with Crippen LogP contribution in [-0.2, 0) is 15.8 Å². The molecule has 4 aromatic rings. The Morgan fingerprint density at radius 2 is 1.90 bits per heavy atom. The van der Waals surface area contributed by atoms with Crippen molar-refractivity contribution in [3.05, 3.63) is 76.7 Å². The minimum Gasteiger partial charge on any atom is -0.489 e. The quantitative estimate of drug-likeness (QED) is 0.308. The molecule has 1 unspecified atom stereocenters.